The predicted octanol–water partition coefficient (Wildman–Crippen LogP) is 1.18. The number of rotatable bonds is 3. The average Bonchev–Trinajstić information content (AvgIpc) is 2.38. The van der Waals surface area contributed by atoms with E-state index in [1.165, 1.54) is 6.07 Å². The number of anilines is 2. The number of aliphatic hydroxyl groups is 1. The summed E-state index contributed by atoms with van der Waals surface area (Å²) >= 11 is 0. The van der Waals surface area contributed by atoms with Crippen molar-refractivity contribution in [3.05, 3.63) is 23.8 Å². The van der Waals surface area contributed by atoms with Crippen LogP contribution in [0.2, 0.25) is 0 Å². The molecule has 0 spiro atoms. The van der Waals surface area contributed by atoms with Gasteiger partial charge in [0.15, 0.2) is 0 Å². The van der Waals surface area contributed by atoms with E-state index < -0.39 is 5.97 Å². The van der Waals surface area contributed by atoms with Crippen molar-refractivity contribution < 1.29 is 15.0 Å². The second-order valence-electron chi connectivity index (χ2n) is 4.71. The highest BCUT2D eigenvalue weighted by atomic mass is 16.4. The van der Waals surface area contributed by atoms with Crippen molar-refractivity contribution in [2.75, 3.05) is 30.3 Å². The van der Waals surface area contributed by atoms with Crippen LogP contribution in [0.5, 0.6) is 0 Å². The minimum absolute atomic E-state index is 0.134. The molecule has 98 valence electrons. The van der Waals surface area contributed by atoms with Gasteiger partial charge in [-0.1, -0.05) is 0 Å². The summed E-state index contributed by atoms with van der Waals surface area (Å²) in [6.45, 7) is 1.91. The molecule has 2 rings (SSSR count). The van der Waals surface area contributed by atoms with E-state index in [1.807, 2.05) is 0 Å². The first-order valence-corrected chi connectivity index (χ1v) is 6.10. The zero-order valence-electron chi connectivity index (χ0n) is 10.2. The molecule has 0 saturated carbocycles. The number of aliphatic hydroxyl groups excluding tert-OH is 1. The second-order valence-corrected chi connectivity index (χ2v) is 4.71. The lowest BCUT2D eigenvalue weighted by atomic mass is 9.98. The number of nitrogens with two attached hydrogens (primary N) is 1. The van der Waals surface area contributed by atoms with Crippen molar-refractivity contribution in [2.24, 2.45) is 5.92 Å². The summed E-state index contributed by atoms with van der Waals surface area (Å²) in [7, 11) is 0. The maximum Gasteiger partial charge on any atom is 0.337 e. The van der Waals surface area contributed by atoms with Crippen LogP contribution in [-0.2, 0) is 0 Å². The fraction of sp³-hybridized carbons (Fsp3) is 0.462. The number of hydrogen-bond acceptors (Lipinski definition) is 4. The molecule has 4 N–H and O–H groups in total. The van der Waals surface area contributed by atoms with Gasteiger partial charge in [0.1, 0.15) is 0 Å². The van der Waals surface area contributed by atoms with Crippen molar-refractivity contribution in [3.8, 4) is 0 Å². The highest BCUT2D eigenvalue weighted by Gasteiger charge is 2.20. The van der Waals surface area contributed by atoms with Crippen LogP contribution in [0, 0.1) is 5.92 Å². The van der Waals surface area contributed by atoms with Crippen LogP contribution in [0.1, 0.15) is 23.2 Å². The van der Waals surface area contributed by atoms with Crippen LogP contribution in [0.4, 0.5) is 11.4 Å². The first kappa shape index (κ1) is 12.7. The molecule has 1 saturated heterocycles. The number of carbonyl (C=O) groups is 1. The molecule has 1 aliphatic heterocycles. The molecule has 0 aromatic heterocycles. The van der Waals surface area contributed by atoms with Crippen molar-refractivity contribution in [1.29, 1.82) is 0 Å². The molecule has 1 atom stereocenters. The molecule has 0 radical (unpaired) electrons. The molecule has 0 amide bonds. The summed E-state index contributed by atoms with van der Waals surface area (Å²) in [5, 5.41) is 18.1. The summed E-state index contributed by atoms with van der Waals surface area (Å²) < 4.78 is 0. The Balaban J connectivity index is 2.18. The van der Waals surface area contributed by atoms with Crippen molar-refractivity contribution in [3.63, 3.8) is 0 Å². The van der Waals surface area contributed by atoms with Gasteiger partial charge in [-0.3, -0.25) is 0 Å². The largest absolute Gasteiger partial charge is 0.478 e. The van der Waals surface area contributed by atoms with Gasteiger partial charge in [-0.15, -0.1) is 0 Å². The van der Waals surface area contributed by atoms with E-state index in [2.05, 4.69) is 4.90 Å². The number of benzene rings is 1. The Bertz CT molecular complexity index is 448. The number of nitrogen functional groups attached to an aromatic ring is 1. The van der Waals surface area contributed by atoms with Crippen molar-refractivity contribution >= 4 is 17.3 Å². The average molecular weight is 250 g/mol. The Hall–Kier alpha value is -1.75. The van der Waals surface area contributed by atoms with Crippen LogP contribution >= 0.6 is 0 Å². The van der Waals surface area contributed by atoms with Gasteiger partial charge in [0.2, 0.25) is 0 Å². The topological polar surface area (TPSA) is 86.8 Å². The van der Waals surface area contributed by atoms with Gasteiger partial charge in [-0.05, 0) is 37.0 Å². The monoisotopic (exact) mass is 250 g/mol. The summed E-state index contributed by atoms with van der Waals surface area (Å²) in [5.74, 6) is -0.718. The molecule has 5 nitrogen and oxygen atoms in total. The number of carboxylic acid groups (broad SMARTS) is 1. The number of aromatic carboxylic acids is 1. The molecule has 1 unspecified atom stereocenters. The fourth-order valence-corrected chi connectivity index (χ4v) is 2.39. The lowest BCUT2D eigenvalue weighted by Gasteiger charge is -2.33. The van der Waals surface area contributed by atoms with Crippen LogP contribution in [0.15, 0.2) is 18.2 Å². The normalized spacial score (nSPS) is 19.8. The maximum absolute atomic E-state index is 10.9. The van der Waals surface area contributed by atoms with E-state index in [1.54, 1.807) is 12.1 Å². The van der Waals surface area contributed by atoms with Gasteiger partial charge >= 0.3 is 5.97 Å². The molecular weight excluding hydrogens is 232 g/mol. The standard InChI is InChI=1S/C13H18N2O3/c14-12-6-10(3-4-11(12)13(17)18)15-5-1-2-9(7-15)8-16/h3-4,6,9,16H,1-2,5,7-8,14H2,(H,17,18). The Morgan fingerprint density at radius 3 is 2.89 bits per heavy atom. The first-order chi connectivity index (χ1) is 8.61. The maximum atomic E-state index is 10.9. The van der Waals surface area contributed by atoms with Crippen LogP contribution < -0.4 is 10.6 Å². The number of nitrogens with zero attached hydrogens (tertiary/aromatic N) is 1. The third kappa shape index (κ3) is 2.56. The van der Waals surface area contributed by atoms with Crippen LogP contribution in [-0.4, -0.2) is 35.9 Å². The van der Waals surface area contributed by atoms with E-state index in [4.69, 9.17) is 10.8 Å². The Kier molecular flexibility index (Phi) is 3.72. The van der Waals surface area contributed by atoms with Gasteiger partial charge in [-0.25, -0.2) is 4.79 Å². The molecule has 1 aromatic rings. The van der Waals surface area contributed by atoms with Crippen LogP contribution in [0.25, 0.3) is 0 Å². The Labute approximate surface area is 106 Å². The van der Waals surface area contributed by atoms with E-state index in [9.17, 15) is 9.90 Å². The van der Waals surface area contributed by atoms with Crippen molar-refractivity contribution in [1.82, 2.24) is 0 Å². The fourth-order valence-electron chi connectivity index (χ4n) is 2.39. The quantitative estimate of drug-likeness (QED) is 0.701. The molecular formula is C13H18N2O3. The summed E-state index contributed by atoms with van der Waals surface area (Å²) in [4.78, 5) is 13.0. The van der Waals surface area contributed by atoms with Crippen molar-refractivity contribution in [2.45, 2.75) is 12.8 Å². The smallest absolute Gasteiger partial charge is 0.337 e. The van der Waals surface area contributed by atoms with E-state index in [0.29, 0.717) is 5.92 Å². The highest BCUT2D eigenvalue weighted by molar-refractivity contribution is 5.94. The lowest BCUT2D eigenvalue weighted by molar-refractivity contribution is 0.0698. The molecule has 1 fully saturated rings. The highest BCUT2D eigenvalue weighted by Crippen LogP contribution is 2.26. The molecule has 0 aliphatic carbocycles. The molecule has 0 bridgehead atoms. The zero-order chi connectivity index (χ0) is 13.1. The SMILES string of the molecule is Nc1cc(N2CCCC(CO)C2)ccc1C(=O)O. The van der Waals surface area contributed by atoms with Crippen LogP contribution in [0.3, 0.4) is 0 Å². The third-order valence-corrected chi connectivity index (χ3v) is 3.41. The second kappa shape index (κ2) is 5.27. The number of piperidine rings is 1. The minimum Gasteiger partial charge on any atom is -0.478 e. The lowest BCUT2D eigenvalue weighted by Crippen LogP contribution is -2.36. The molecule has 1 aromatic carbocycles. The van der Waals surface area contributed by atoms with Gasteiger partial charge in [0.25, 0.3) is 0 Å². The van der Waals surface area contributed by atoms with Gasteiger partial charge < -0.3 is 20.8 Å². The zero-order valence-corrected chi connectivity index (χ0v) is 10.2. The molecule has 5 heteroatoms. The summed E-state index contributed by atoms with van der Waals surface area (Å²) in [6, 6.07) is 5.01. The molecule has 18 heavy (non-hydrogen) atoms. The Morgan fingerprint density at radius 1 is 1.50 bits per heavy atom. The summed E-state index contributed by atoms with van der Waals surface area (Å²) in [6.07, 6.45) is 2.07. The summed E-state index contributed by atoms with van der Waals surface area (Å²) in [5.41, 5.74) is 7.08. The number of carboxylic acids is 1. The number of hydrogen-bond donors (Lipinski definition) is 3. The molecule has 1 heterocycles. The van der Waals surface area contributed by atoms with Gasteiger partial charge in [0, 0.05) is 31.1 Å². The Morgan fingerprint density at radius 2 is 2.28 bits per heavy atom. The minimum atomic E-state index is -1.01. The van der Waals surface area contributed by atoms with Gasteiger partial charge in [0.05, 0.1) is 5.56 Å². The third-order valence-electron chi connectivity index (χ3n) is 3.41. The van der Waals surface area contributed by atoms with E-state index >= 15 is 0 Å². The van der Waals surface area contributed by atoms with E-state index in [-0.39, 0.29) is 17.9 Å². The molecule has 1 aliphatic rings. The predicted molar refractivity (Wildman–Crippen MR) is 69.8 cm³/mol. The van der Waals surface area contributed by atoms with Gasteiger partial charge in [-0.2, -0.15) is 0 Å². The van der Waals surface area contributed by atoms with E-state index in [0.717, 1.165) is 31.6 Å². The first-order valence-electron chi connectivity index (χ1n) is 6.10.